The van der Waals surface area contributed by atoms with E-state index in [0.717, 1.165) is 0 Å². The molecule has 1 heterocycles. The number of amides is 1. The number of carbonyl (C=O) groups excluding carboxylic acids is 1. The van der Waals surface area contributed by atoms with Crippen LogP contribution in [0.3, 0.4) is 0 Å². The van der Waals surface area contributed by atoms with Gasteiger partial charge in [-0.2, -0.15) is 0 Å². The maximum Gasteiger partial charge on any atom is 0.306 e. The third kappa shape index (κ3) is 4.49. The number of carboxylic acid groups (broad SMARTS) is 1. The van der Waals surface area contributed by atoms with Crippen molar-refractivity contribution in [2.24, 2.45) is 5.92 Å². The van der Waals surface area contributed by atoms with Crippen molar-refractivity contribution in [3.8, 4) is 0 Å². The van der Waals surface area contributed by atoms with Crippen LogP contribution in [0.2, 0.25) is 0 Å². The maximum absolute atomic E-state index is 12.3. The Kier molecular flexibility index (Phi) is 5.79. The summed E-state index contributed by atoms with van der Waals surface area (Å²) in [7, 11) is 0. The third-order valence-electron chi connectivity index (χ3n) is 3.70. The quantitative estimate of drug-likeness (QED) is 0.821. The van der Waals surface area contributed by atoms with E-state index in [4.69, 9.17) is 5.11 Å². The molecule has 0 aromatic heterocycles. The van der Waals surface area contributed by atoms with Crippen LogP contribution in [0, 0.1) is 5.92 Å². The number of carbonyl (C=O) groups is 2. The standard InChI is InChI=1S/C14H26N2O3/c1-10(2)16(11(3)4)13(17)9-15-7-5-12(6-8-15)14(18)19/h10-12H,5-9H2,1-4H3,(H,18,19). The van der Waals surface area contributed by atoms with Crippen molar-refractivity contribution in [1.29, 1.82) is 0 Å². The minimum atomic E-state index is -0.711. The van der Waals surface area contributed by atoms with Gasteiger partial charge in [-0.25, -0.2) is 0 Å². The molecule has 0 spiro atoms. The highest BCUT2D eigenvalue weighted by Crippen LogP contribution is 2.17. The molecule has 0 bridgehead atoms. The van der Waals surface area contributed by atoms with Crippen LogP contribution < -0.4 is 0 Å². The molecule has 1 N–H and O–H groups in total. The van der Waals surface area contributed by atoms with E-state index in [1.54, 1.807) is 0 Å². The summed E-state index contributed by atoms with van der Waals surface area (Å²) in [5.74, 6) is -0.812. The zero-order valence-corrected chi connectivity index (χ0v) is 12.4. The fourth-order valence-electron chi connectivity index (χ4n) is 2.78. The number of nitrogens with zero attached hydrogens (tertiary/aromatic N) is 2. The molecule has 1 rings (SSSR count). The van der Waals surface area contributed by atoms with E-state index in [2.05, 4.69) is 4.90 Å². The number of piperidine rings is 1. The Bertz CT molecular complexity index is 313. The summed E-state index contributed by atoms with van der Waals surface area (Å²) >= 11 is 0. The van der Waals surface area contributed by atoms with E-state index in [0.29, 0.717) is 32.5 Å². The normalized spacial score (nSPS) is 18.0. The van der Waals surface area contributed by atoms with Gasteiger partial charge in [0, 0.05) is 12.1 Å². The Balaban J connectivity index is 2.48. The summed E-state index contributed by atoms with van der Waals surface area (Å²) in [4.78, 5) is 27.1. The molecule has 110 valence electrons. The van der Waals surface area contributed by atoms with E-state index in [-0.39, 0.29) is 23.9 Å². The summed E-state index contributed by atoms with van der Waals surface area (Å²) in [6, 6.07) is 0.396. The molecular weight excluding hydrogens is 244 g/mol. The first-order chi connectivity index (χ1) is 8.82. The van der Waals surface area contributed by atoms with Gasteiger partial charge in [-0.05, 0) is 53.6 Å². The molecule has 0 aromatic rings. The molecule has 0 unspecified atom stereocenters. The zero-order chi connectivity index (χ0) is 14.6. The number of likely N-dealkylation sites (tertiary alicyclic amines) is 1. The fraction of sp³-hybridized carbons (Fsp3) is 0.857. The van der Waals surface area contributed by atoms with Crippen molar-refractivity contribution in [2.45, 2.75) is 52.6 Å². The monoisotopic (exact) mass is 270 g/mol. The van der Waals surface area contributed by atoms with Crippen molar-refractivity contribution in [1.82, 2.24) is 9.80 Å². The molecule has 1 saturated heterocycles. The number of aliphatic carboxylic acids is 1. The first-order valence-corrected chi connectivity index (χ1v) is 7.09. The third-order valence-corrected chi connectivity index (χ3v) is 3.70. The SMILES string of the molecule is CC(C)N(C(=O)CN1CCC(C(=O)O)CC1)C(C)C. The average molecular weight is 270 g/mol. The van der Waals surface area contributed by atoms with Crippen LogP contribution in [0.15, 0.2) is 0 Å². The number of hydrogen-bond donors (Lipinski definition) is 1. The van der Waals surface area contributed by atoms with Crippen molar-refractivity contribution in [3.05, 3.63) is 0 Å². The van der Waals surface area contributed by atoms with Crippen LogP contribution in [0.5, 0.6) is 0 Å². The molecule has 5 nitrogen and oxygen atoms in total. The average Bonchev–Trinajstić information content (AvgIpc) is 2.28. The number of hydrogen-bond acceptors (Lipinski definition) is 3. The van der Waals surface area contributed by atoms with Gasteiger partial charge in [0.25, 0.3) is 0 Å². The molecule has 1 amide bonds. The zero-order valence-electron chi connectivity index (χ0n) is 12.4. The minimum Gasteiger partial charge on any atom is -0.481 e. The van der Waals surface area contributed by atoms with E-state index in [1.807, 2.05) is 32.6 Å². The molecule has 0 atom stereocenters. The molecule has 1 fully saturated rings. The van der Waals surface area contributed by atoms with Crippen molar-refractivity contribution in [3.63, 3.8) is 0 Å². The summed E-state index contributed by atoms with van der Waals surface area (Å²) < 4.78 is 0. The molecular formula is C14H26N2O3. The lowest BCUT2D eigenvalue weighted by atomic mass is 9.97. The van der Waals surface area contributed by atoms with Crippen LogP contribution in [-0.4, -0.2) is 58.5 Å². The Morgan fingerprint density at radius 2 is 1.63 bits per heavy atom. The van der Waals surface area contributed by atoms with Gasteiger partial charge in [0.15, 0.2) is 0 Å². The summed E-state index contributed by atoms with van der Waals surface area (Å²) in [6.45, 7) is 9.90. The highest BCUT2D eigenvalue weighted by molar-refractivity contribution is 5.79. The topological polar surface area (TPSA) is 60.9 Å². The van der Waals surface area contributed by atoms with Gasteiger partial charge in [0.05, 0.1) is 12.5 Å². The van der Waals surface area contributed by atoms with Gasteiger partial charge < -0.3 is 10.0 Å². The largest absolute Gasteiger partial charge is 0.481 e. The second-order valence-electron chi connectivity index (χ2n) is 5.88. The highest BCUT2D eigenvalue weighted by atomic mass is 16.4. The molecule has 0 aromatic carbocycles. The van der Waals surface area contributed by atoms with Crippen LogP contribution in [0.4, 0.5) is 0 Å². The Morgan fingerprint density at radius 3 is 2.00 bits per heavy atom. The van der Waals surface area contributed by atoms with Gasteiger partial charge in [-0.15, -0.1) is 0 Å². The van der Waals surface area contributed by atoms with E-state index in [9.17, 15) is 9.59 Å². The van der Waals surface area contributed by atoms with Gasteiger partial charge in [0.2, 0.25) is 5.91 Å². The first-order valence-electron chi connectivity index (χ1n) is 7.09. The summed E-state index contributed by atoms with van der Waals surface area (Å²) in [5.41, 5.74) is 0. The van der Waals surface area contributed by atoms with Gasteiger partial charge >= 0.3 is 5.97 Å². The van der Waals surface area contributed by atoms with Gasteiger partial charge in [0.1, 0.15) is 0 Å². The second kappa shape index (κ2) is 6.89. The van der Waals surface area contributed by atoms with Gasteiger partial charge in [-0.1, -0.05) is 0 Å². The predicted octanol–water partition coefficient (Wildman–Crippen LogP) is 1.43. The fourth-order valence-corrected chi connectivity index (χ4v) is 2.78. The van der Waals surface area contributed by atoms with Crippen LogP contribution >= 0.6 is 0 Å². The van der Waals surface area contributed by atoms with Crippen molar-refractivity contribution in [2.75, 3.05) is 19.6 Å². The lowest BCUT2D eigenvalue weighted by Gasteiger charge is -2.35. The molecule has 0 saturated carbocycles. The molecule has 1 aliphatic heterocycles. The van der Waals surface area contributed by atoms with E-state index in [1.165, 1.54) is 0 Å². The lowest BCUT2D eigenvalue weighted by Crippen LogP contribution is -2.48. The van der Waals surface area contributed by atoms with Crippen LogP contribution in [0.1, 0.15) is 40.5 Å². The van der Waals surface area contributed by atoms with Crippen LogP contribution in [0.25, 0.3) is 0 Å². The highest BCUT2D eigenvalue weighted by Gasteiger charge is 2.27. The van der Waals surface area contributed by atoms with Crippen LogP contribution in [-0.2, 0) is 9.59 Å². The van der Waals surface area contributed by atoms with E-state index >= 15 is 0 Å². The number of carboxylic acids is 1. The number of rotatable bonds is 5. The Labute approximate surface area is 115 Å². The van der Waals surface area contributed by atoms with Crippen molar-refractivity contribution >= 4 is 11.9 Å². The summed E-state index contributed by atoms with van der Waals surface area (Å²) in [6.07, 6.45) is 1.29. The van der Waals surface area contributed by atoms with E-state index < -0.39 is 5.97 Å². The smallest absolute Gasteiger partial charge is 0.306 e. The summed E-state index contributed by atoms with van der Waals surface area (Å²) in [5, 5.41) is 8.95. The van der Waals surface area contributed by atoms with Gasteiger partial charge in [-0.3, -0.25) is 14.5 Å². The molecule has 5 heteroatoms. The Morgan fingerprint density at radius 1 is 1.16 bits per heavy atom. The molecule has 0 aliphatic carbocycles. The minimum absolute atomic E-state index is 0.138. The maximum atomic E-state index is 12.3. The lowest BCUT2D eigenvalue weighted by molar-refractivity contribution is -0.143. The second-order valence-corrected chi connectivity index (χ2v) is 5.88. The molecule has 0 radical (unpaired) electrons. The van der Waals surface area contributed by atoms with Crippen molar-refractivity contribution < 1.29 is 14.7 Å². The Hall–Kier alpha value is -1.10. The predicted molar refractivity (Wildman–Crippen MR) is 73.9 cm³/mol. The first kappa shape index (κ1) is 16.0. The molecule has 19 heavy (non-hydrogen) atoms. The molecule has 1 aliphatic rings.